The molecule has 0 amide bonds. The summed E-state index contributed by atoms with van der Waals surface area (Å²) < 4.78 is 7.49. The molecule has 0 spiro atoms. The van der Waals surface area contributed by atoms with Gasteiger partial charge < -0.3 is 4.52 Å². The lowest BCUT2D eigenvalue weighted by molar-refractivity contribution is 0.468. The van der Waals surface area contributed by atoms with Crippen molar-refractivity contribution in [2.45, 2.75) is 0 Å². The zero-order valence-electron chi connectivity index (χ0n) is 10.8. The van der Waals surface area contributed by atoms with E-state index in [1.807, 2.05) is 0 Å². The fraction of sp³-hybridized carbons (Fsp3) is 0.0833. The van der Waals surface area contributed by atoms with Crippen molar-refractivity contribution in [3.63, 3.8) is 0 Å². The Balaban J connectivity index is 2.30. The number of halogens is 1. The number of benzene rings is 1. The largest absolute Gasteiger partial charge is 0.344 e. The second-order valence-corrected chi connectivity index (χ2v) is 5.63. The molecule has 0 aliphatic rings. The molecule has 1 N–H and O–H groups in total. The quantitative estimate of drug-likeness (QED) is 0.741. The summed E-state index contributed by atoms with van der Waals surface area (Å²) in [5, 5.41) is 0.592. The summed E-state index contributed by atoms with van der Waals surface area (Å²) in [5.74, 6) is 0. The lowest BCUT2D eigenvalue weighted by atomic mass is 10.3. The number of H-pyrrole nitrogens is 1. The minimum Gasteiger partial charge on any atom is -0.344 e. The highest BCUT2D eigenvalue weighted by atomic mass is 35.5. The third-order valence-electron chi connectivity index (χ3n) is 2.89. The monoisotopic (exact) mass is 324 g/mol. The average molecular weight is 325 g/mol. The van der Waals surface area contributed by atoms with E-state index in [0.717, 1.165) is 10.0 Å². The fourth-order valence-electron chi connectivity index (χ4n) is 1.97. The van der Waals surface area contributed by atoms with Gasteiger partial charge in [-0.3, -0.25) is 14.3 Å². The van der Waals surface area contributed by atoms with Gasteiger partial charge in [-0.1, -0.05) is 11.6 Å². The lowest BCUT2D eigenvalue weighted by Gasteiger charge is -2.06. The molecule has 0 fully saturated rings. The number of hydrogen-bond acceptors (Lipinski definition) is 4. The zero-order valence-corrected chi connectivity index (χ0v) is 12.6. The molecule has 3 aromatic rings. The van der Waals surface area contributed by atoms with Gasteiger partial charge in [0.25, 0.3) is 5.56 Å². The molecule has 1 unspecified atom stereocenters. The van der Waals surface area contributed by atoms with E-state index in [1.54, 1.807) is 28.8 Å². The molecule has 0 aliphatic heterocycles. The summed E-state index contributed by atoms with van der Waals surface area (Å²) in [4.78, 5) is 30.9. The topological polar surface area (TPSA) is 81.9 Å². The first-order valence-corrected chi connectivity index (χ1v) is 7.12. The van der Waals surface area contributed by atoms with E-state index in [-0.39, 0.29) is 20.1 Å². The summed E-state index contributed by atoms with van der Waals surface area (Å²) in [6.07, 6.45) is 1.48. The molecular weight excluding hydrogens is 315 g/mol. The van der Waals surface area contributed by atoms with Gasteiger partial charge in [0.15, 0.2) is 11.2 Å². The van der Waals surface area contributed by atoms with Gasteiger partial charge in [-0.2, -0.15) is 0 Å². The number of nitrogens with zero attached hydrogens (tertiary/aromatic N) is 3. The van der Waals surface area contributed by atoms with Crippen LogP contribution in [0.3, 0.4) is 0 Å². The molecule has 1 atom stereocenters. The SMILES string of the molecule is COPn1c(=O)[nH]c2ncn(-c3ccc(Cl)cc3)c2c1=O. The van der Waals surface area contributed by atoms with Crippen LogP contribution in [0.2, 0.25) is 5.02 Å². The van der Waals surface area contributed by atoms with Crippen molar-refractivity contribution in [3.05, 3.63) is 56.5 Å². The smallest absolute Gasteiger partial charge is 0.335 e. The predicted molar refractivity (Wildman–Crippen MR) is 81.7 cm³/mol. The first-order valence-electron chi connectivity index (χ1n) is 5.89. The Kier molecular flexibility index (Phi) is 3.63. The maximum Gasteiger partial charge on any atom is 0.335 e. The highest BCUT2D eigenvalue weighted by molar-refractivity contribution is 7.30. The summed E-state index contributed by atoms with van der Waals surface area (Å²) in [7, 11) is 1.03. The van der Waals surface area contributed by atoms with Crippen molar-refractivity contribution >= 4 is 31.7 Å². The van der Waals surface area contributed by atoms with Gasteiger partial charge in [0.1, 0.15) is 15.3 Å². The Morgan fingerprint density at radius 3 is 2.67 bits per heavy atom. The Bertz CT molecular complexity index is 913. The van der Waals surface area contributed by atoms with Gasteiger partial charge in [0.2, 0.25) is 0 Å². The van der Waals surface area contributed by atoms with Gasteiger partial charge in [-0.15, -0.1) is 0 Å². The van der Waals surface area contributed by atoms with E-state index in [9.17, 15) is 9.59 Å². The molecule has 0 aliphatic carbocycles. The molecule has 0 radical (unpaired) electrons. The highest BCUT2D eigenvalue weighted by Gasteiger charge is 2.14. The highest BCUT2D eigenvalue weighted by Crippen LogP contribution is 2.17. The van der Waals surface area contributed by atoms with Crippen LogP contribution in [0.4, 0.5) is 0 Å². The normalized spacial score (nSPS) is 11.7. The number of aromatic amines is 1. The summed E-state index contributed by atoms with van der Waals surface area (Å²) >= 11 is 5.86. The molecule has 7 nitrogen and oxygen atoms in total. The number of aromatic nitrogens is 4. The molecule has 2 aromatic heterocycles. The second-order valence-electron chi connectivity index (χ2n) is 4.15. The van der Waals surface area contributed by atoms with E-state index in [0.29, 0.717) is 5.02 Å². The molecular formula is C12H10ClN4O3P. The maximum absolute atomic E-state index is 12.4. The molecule has 3 rings (SSSR count). The molecule has 108 valence electrons. The van der Waals surface area contributed by atoms with Crippen LogP contribution in [0, 0.1) is 0 Å². The molecule has 2 heterocycles. The standard InChI is InChI=1S/C12H10ClN4O3P/c1-20-21-17-11(18)9-10(15-12(17)19)14-6-16(9)8-4-2-7(13)3-5-8/h2-6,21H,1H3,(H,15,19). The third-order valence-corrected chi connectivity index (χ3v) is 3.91. The first-order chi connectivity index (χ1) is 10.1. The van der Waals surface area contributed by atoms with E-state index >= 15 is 0 Å². The van der Waals surface area contributed by atoms with Crippen LogP contribution in [0.5, 0.6) is 0 Å². The van der Waals surface area contributed by atoms with Crippen molar-refractivity contribution in [2.75, 3.05) is 7.11 Å². The minimum absolute atomic E-state index is 0.233. The van der Waals surface area contributed by atoms with Gasteiger partial charge >= 0.3 is 5.69 Å². The van der Waals surface area contributed by atoms with Crippen LogP contribution in [0.15, 0.2) is 40.2 Å². The maximum atomic E-state index is 12.4. The number of rotatable bonds is 3. The lowest BCUT2D eigenvalue weighted by Crippen LogP contribution is -2.31. The van der Waals surface area contributed by atoms with E-state index in [4.69, 9.17) is 16.1 Å². The molecule has 0 saturated heterocycles. The number of nitrogens with one attached hydrogen (secondary N) is 1. The summed E-state index contributed by atoms with van der Waals surface area (Å²) in [6.45, 7) is 0. The van der Waals surface area contributed by atoms with Gasteiger partial charge in [0, 0.05) is 17.8 Å². The van der Waals surface area contributed by atoms with Crippen LogP contribution in [0.1, 0.15) is 0 Å². The van der Waals surface area contributed by atoms with Crippen LogP contribution in [-0.2, 0) is 4.52 Å². The van der Waals surface area contributed by atoms with Crippen molar-refractivity contribution in [3.8, 4) is 5.69 Å². The first kappa shape index (κ1) is 14.0. The zero-order chi connectivity index (χ0) is 15.0. The van der Waals surface area contributed by atoms with Crippen molar-refractivity contribution in [1.29, 1.82) is 0 Å². The number of fused-ring (bicyclic) bond motifs is 1. The number of imidazole rings is 1. The fourth-order valence-corrected chi connectivity index (χ4v) is 2.61. The third kappa shape index (κ3) is 2.40. The molecule has 21 heavy (non-hydrogen) atoms. The Hall–Kier alpha value is -1.95. The predicted octanol–water partition coefficient (Wildman–Crippen LogP) is 1.53. The van der Waals surface area contributed by atoms with Crippen LogP contribution >= 0.6 is 20.6 Å². The van der Waals surface area contributed by atoms with Crippen molar-refractivity contribution < 1.29 is 4.52 Å². The van der Waals surface area contributed by atoms with Gasteiger partial charge in [-0.05, 0) is 24.3 Å². The van der Waals surface area contributed by atoms with Crippen molar-refractivity contribution in [1.82, 2.24) is 18.9 Å². The van der Waals surface area contributed by atoms with Crippen LogP contribution in [0.25, 0.3) is 16.9 Å². The molecule has 9 heteroatoms. The number of hydrogen-bond donors (Lipinski definition) is 1. The van der Waals surface area contributed by atoms with Crippen molar-refractivity contribution in [2.24, 2.45) is 0 Å². The van der Waals surface area contributed by atoms with Crippen LogP contribution < -0.4 is 11.2 Å². The molecule has 0 bridgehead atoms. The molecule has 1 aromatic carbocycles. The van der Waals surface area contributed by atoms with E-state index in [2.05, 4.69) is 9.97 Å². The van der Waals surface area contributed by atoms with Gasteiger partial charge in [-0.25, -0.2) is 14.1 Å². The summed E-state index contributed by atoms with van der Waals surface area (Å²) in [6, 6.07) is 6.95. The second kappa shape index (κ2) is 5.44. The Morgan fingerprint density at radius 2 is 2.00 bits per heavy atom. The molecule has 0 saturated carbocycles. The Labute approximate surface area is 125 Å². The van der Waals surface area contributed by atoms with E-state index in [1.165, 1.54) is 13.4 Å². The summed E-state index contributed by atoms with van der Waals surface area (Å²) in [5.41, 5.74) is 0.229. The Morgan fingerprint density at radius 1 is 1.29 bits per heavy atom. The average Bonchev–Trinajstić information content (AvgIpc) is 2.88. The van der Waals surface area contributed by atoms with Crippen LogP contribution in [-0.4, -0.2) is 26.0 Å². The minimum atomic E-state index is -0.547. The van der Waals surface area contributed by atoms with Gasteiger partial charge in [0.05, 0.1) is 0 Å². The van der Waals surface area contributed by atoms with E-state index < -0.39 is 11.2 Å².